The standard InChI is InChI=1S/C26H24BrF3N4O4S/c1-3-20-32-22(15-9-10-15)23(25(31)35)34(20)13-14-8-11-19-17(12-14)21(27)24(38-19)16-6-4-5-7-18(16)33(2)39(36,37)26(28,29)30/h4-8,11-12,15H,3,9-10,13H2,1-2H3,(H2,31,35). The van der Waals surface area contributed by atoms with Crippen molar-refractivity contribution in [2.45, 2.75) is 44.2 Å². The fourth-order valence-electron chi connectivity index (χ4n) is 4.65. The number of carbonyl (C=O) groups excluding carboxylic acids is 1. The molecule has 2 N–H and O–H groups in total. The molecule has 4 aromatic rings. The maximum absolute atomic E-state index is 13.3. The molecule has 39 heavy (non-hydrogen) atoms. The van der Waals surface area contributed by atoms with Crippen LogP contribution in [0.2, 0.25) is 0 Å². The van der Waals surface area contributed by atoms with Crippen LogP contribution in [-0.4, -0.2) is 36.4 Å². The lowest BCUT2D eigenvalue weighted by Crippen LogP contribution is -2.38. The van der Waals surface area contributed by atoms with Crippen molar-refractivity contribution in [2.24, 2.45) is 5.73 Å². The zero-order valence-corrected chi connectivity index (χ0v) is 23.3. The van der Waals surface area contributed by atoms with E-state index in [1.165, 1.54) is 18.2 Å². The molecule has 1 aliphatic carbocycles. The van der Waals surface area contributed by atoms with Gasteiger partial charge in [-0.15, -0.1) is 0 Å². The highest BCUT2D eigenvalue weighted by atomic mass is 79.9. The number of imidazole rings is 1. The number of primary amides is 1. The molecule has 1 saturated carbocycles. The van der Waals surface area contributed by atoms with Crippen molar-refractivity contribution < 1.29 is 30.8 Å². The zero-order valence-electron chi connectivity index (χ0n) is 20.9. The Morgan fingerprint density at radius 3 is 2.54 bits per heavy atom. The zero-order chi connectivity index (χ0) is 28.3. The van der Waals surface area contributed by atoms with Crippen LogP contribution in [0.25, 0.3) is 22.3 Å². The minimum absolute atomic E-state index is 0.158. The molecule has 0 unspecified atom stereocenters. The molecule has 0 spiro atoms. The predicted molar refractivity (Wildman–Crippen MR) is 144 cm³/mol. The summed E-state index contributed by atoms with van der Waals surface area (Å²) in [5, 5.41) is 0.625. The Bertz CT molecular complexity index is 1710. The number of alkyl halides is 3. The Balaban J connectivity index is 1.57. The van der Waals surface area contributed by atoms with Crippen molar-refractivity contribution in [1.29, 1.82) is 0 Å². The van der Waals surface area contributed by atoms with E-state index in [0.29, 0.717) is 34.1 Å². The van der Waals surface area contributed by atoms with Crippen molar-refractivity contribution in [3.63, 3.8) is 0 Å². The van der Waals surface area contributed by atoms with Gasteiger partial charge in [0.05, 0.1) is 15.9 Å². The van der Waals surface area contributed by atoms with Crippen LogP contribution in [0, 0.1) is 0 Å². The number of fused-ring (bicyclic) bond motifs is 1. The quantitative estimate of drug-likeness (QED) is 0.261. The maximum atomic E-state index is 13.3. The fraction of sp³-hybridized carbons (Fsp3) is 0.308. The average molecular weight is 625 g/mol. The van der Waals surface area contributed by atoms with Crippen LogP contribution in [0.15, 0.2) is 51.4 Å². The number of benzene rings is 2. The van der Waals surface area contributed by atoms with Crippen LogP contribution in [0.5, 0.6) is 0 Å². The molecular formula is C26H24BrF3N4O4S. The molecule has 1 fully saturated rings. The number of para-hydroxylation sites is 1. The SMILES string of the molecule is CCc1nc(C2CC2)c(C(N)=O)n1Cc1ccc2oc(-c3ccccc3N(C)S(=O)(=O)C(F)(F)F)c(Br)c2c1. The number of hydrogen-bond donors (Lipinski definition) is 1. The molecule has 5 rings (SSSR count). The molecule has 0 atom stereocenters. The number of furan rings is 1. The molecular weight excluding hydrogens is 601 g/mol. The molecule has 2 aromatic carbocycles. The molecule has 1 amide bonds. The van der Waals surface area contributed by atoms with Gasteiger partial charge in [-0.2, -0.15) is 21.6 Å². The third-order valence-corrected chi connectivity index (χ3v) is 9.05. The van der Waals surface area contributed by atoms with Crippen LogP contribution in [0.3, 0.4) is 0 Å². The molecule has 2 aromatic heterocycles. The van der Waals surface area contributed by atoms with Gasteiger partial charge in [0.15, 0.2) is 5.76 Å². The summed E-state index contributed by atoms with van der Waals surface area (Å²) in [6.07, 6.45) is 2.55. The van der Waals surface area contributed by atoms with Gasteiger partial charge in [-0.25, -0.2) is 4.98 Å². The van der Waals surface area contributed by atoms with Crippen molar-refractivity contribution in [3.8, 4) is 11.3 Å². The molecule has 0 radical (unpaired) electrons. The second-order valence-electron chi connectivity index (χ2n) is 9.35. The smallest absolute Gasteiger partial charge is 0.455 e. The van der Waals surface area contributed by atoms with Gasteiger partial charge >= 0.3 is 15.5 Å². The largest absolute Gasteiger partial charge is 0.516 e. The summed E-state index contributed by atoms with van der Waals surface area (Å²) in [4.78, 5) is 17.1. The lowest BCUT2D eigenvalue weighted by Gasteiger charge is -2.22. The summed E-state index contributed by atoms with van der Waals surface area (Å²) in [5.41, 5.74) is 2.63. The first-order valence-electron chi connectivity index (χ1n) is 12.1. The number of nitrogens with zero attached hydrogens (tertiary/aromatic N) is 3. The van der Waals surface area contributed by atoms with E-state index < -0.39 is 21.4 Å². The van der Waals surface area contributed by atoms with Crippen molar-refractivity contribution in [3.05, 3.63) is 69.7 Å². The summed E-state index contributed by atoms with van der Waals surface area (Å²) in [7, 11) is -4.79. The molecule has 0 aliphatic heterocycles. The Kier molecular flexibility index (Phi) is 6.78. The molecule has 8 nitrogen and oxygen atoms in total. The Labute approximate surface area is 230 Å². The Hall–Kier alpha value is -3.32. The van der Waals surface area contributed by atoms with E-state index in [9.17, 15) is 26.4 Å². The monoisotopic (exact) mass is 624 g/mol. The number of hydrogen-bond acceptors (Lipinski definition) is 5. The topological polar surface area (TPSA) is 111 Å². The molecule has 0 bridgehead atoms. The van der Waals surface area contributed by atoms with Crippen LogP contribution in [0.1, 0.15) is 53.3 Å². The first-order chi connectivity index (χ1) is 18.3. The number of carbonyl (C=O) groups is 1. The Morgan fingerprint density at radius 2 is 1.92 bits per heavy atom. The van der Waals surface area contributed by atoms with Crippen molar-refractivity contribution >= 4 is 48.5 Å². The summed E-state index contributed by atoms with van der Waals surface area (Å²) >= 11 is 3.50. The van der Waals surface area contributed by atoms with Crippen LogP contribution < -0.4 is 10.0 Å². The third kappa shape index (κ3) is 4.71. The van der Waals surface area contributed by atoms with Crippen molar-refractivity contribution in [1.82, 2.24) is 9.55 Å². The first kappa shape index (κ1) is 27.3. The molecule has 2 heterocycles. The number of aryl methyl sites for hydroxylation is 1. The van der Waals surface area contributed by atoms with Gasteiger partial charge in [-0.3, -0.25) is 9.10 Å². The van der Waals surface area contributed by atoms with Gasteiger partial charge in [0.1, 0.15) is 17.1 Å². The summed E-state index contributed by atoms with van der Waals surface area (Å²) in [6, 6.07) is 11.1. The second kappa shape index (κ2) is 9.70. The van der Waals surface area contributed by atoms with E-state index in [2.05, 4.69) is 15.9 Å². The van der Waals surface area contributed by atoms with E-state index in [4.69, 9.17) is 15.1 Å². The van der Waals surface area contributed by atoms with Crippen LogP contribution >= 0.6 is 15.9 Å². The number of rotatable bonds is 8. The van der Waals surface area contributed by atoms with E-state index in [1.807, 2.05) is 23.6 Å². The minimum Gasteiger partial charge on any atom is -0.455 e. The lowest BCUT2D eigenvalue weighted by molar-refractivity contribution is -0.0437. The molecule has 0 saturated heterocycles. The average Bonchev–Trinajstić information content (AvgIpc) is 3.59. The summed E-state index contributed by atoms with van der Waals surface area (Å²) in [6.45, 7) is 2.28. The number of sulfonamides is 1. The highest BCUT2D eigenvalue weighted by molar-refractivity contribution is 9.10. The highest BCUT2D eigenvalue weighted by Crippen LogP contribution is 2.44. The predicted octanol–water partition coefficient (Wildman–Crippen LogP) is 5.93. The van der Waals surface area contributed by atoms with Crippen LogP contribution in [-0.2, 0) is 23.0 Å². The second-order valence-corrected chi connectivity index (χ2v) is 12.1. The van der Waals surface area contributed by atoms with Gasteiger partial charge < -0.3 is 14.7 Å². The summed E-state index contributed by atoms with van der Waals surface area (Å²) < 4.78 is 72.4. The van der Waals surface area contributed by atoms with E-state index in [1.54, 1.807) is 12.1 Å². The Morgan fingerprint density at radius 1 is 1.23 bits per heavy atom. The number of amides is 1. The highest BCUT2D eigenvalue weighted by Gasteiger charge is 2.49. The van der Waals surface area contributed by atoms with Gasteiger partial charge in [0, 0.05) is 36.9 Å². The first-order valence-corrected chi connectivity index (χ1v) is 14.3. The normalized spacial score (nSPS) is 14.2. The fourth-order valence-corrected chi connectivity index (χ4v) is 5.99. The van der Waals surface area contributed by atoms with Gasteiger partial charge in [0.25, 0.3) is 5.91 Å². The number of nitrogens with two attached hydrogens (primary N) is 1. The van der Waals surface area contributed by atoms with E-state index in [0.717, 1.165) is 37.0 Å². The summed E-state index contributed by atoms with van der Waals surface area (Å²) in [5.74, 6) is 0.631. The number of anilines is 1. The maximum Gasteiger partial charge on any atom is 0.516 e. The van der Waals surface area contributed by atoms with E-state index in [-0.39, 0.29) is 27.2 Å². The van der Waals surface area contributed by atoms with Crippen molar-refractivity contribution in [2.75, 3.05) is 11.4 Å². The van der Waals surface area contributed by atoms with Gasteiger partial charge in [0.2, 0.25) is 0 Å². The number of halogens is 4. The third-order valence-electron chi connectivity index (χ3n) is 6.76. The molecule has 206 valence electrons. The van der Waals surface area contributed by atoms with Gasteiger partial charge in [-0.05, 0) is 58.6 Å². The van der Waals surface area contributed by atoms with Crippen LogP contribution in [0.4, 0.5) is 18.9 Å². The molecule has 1 aliphatic rings. The molecule has 13 heteroatoms. The lowest BCUT2D eigenvalue weighted by atomic mass is 10.1. The number of aromatic nitrogens is 2. The van der Waals surface area contributed by atoms with E-state index >= 15 is 0 Å². The van der Waals surface area contributed by atoms with Gasteiger partial charge in [-0.1, -0.05) is 25.1 Å². The minimum atomic E-state index is -5.63.